The fourth-order valence-corrected chi connectivity index (χ4v) is 4.79. The van der Waals surface area contributed by atoms with Crippen molar-refractivity contribution >= 4 is 44.9 Å². The van der Waals surface area contributed by atoms with E-state index >= 15 is 0 Å². The summed E-state index contributed by atoms with van der Waals surface area (Å²) in [6.07, 6.45) is 1.72. The van der Waals surface area contributed by atoms with Gasteiger partial charge in [-0.15, -0.1) is 5.10 Å². The van der Waals surface area contributed by atoms with E-state index in [9.17, 15) is 14.4 Å². The Hall–Kier alpha value is -3.97. The van der Waals surface area contributed by atoms with Crippen LogP contribution in [0.5, 0.6) is 0 Å². The van der Waals surface area contributed by atoms with Gasteiger partial charge < -0.3 is 15.5 Å². The fraction of sp³-hybridized carbons (Fsp3) is 0.333. The number of piperazine rings is 1. The van der Waals surface area contributed by atoms with Gasteiger partial charge in [0.1, 0.15) is 11.6 Å². The van der Waals surface area contributed by atoms with Crippen LogP contribution >= 0.6 is 0 Å². The van der Waals surface area contributed by atoms with Gasteiger partial charge in [0.15, 0.2) is 11.6 Å². The first-order chi connectivity index (χ1) is 16.2. The summed E-state index contributed by atoms with van der Waals surface area (Å²) in [5.41, 5.74) is 2.51. The number of hydrogen-bond acceptors (Lipinski definition) is 7. The van der Waals surface area contributed by atoms with E-state index < -0.39 is 5.82 Å². The number of carbonyl (C=O) groups is 1. The van der Waals surface area contributed by atoms with Gasteiger partial charge >= 0.3 is 0 Å². The largest absolute Gasteiger partial charge is 0.368 e. The number of fused-ring (bicyclic) bond motifs is 2. The molecule has 2 aromatic carbocycles. The zero-order chi connectivity index (χ0) is 24.1. The first kappa shape index (κ1) is 21.9. The molecule has 0 spiro atoms. The van der Waals surface area contributed by atoms with Gasteiger partial charge in [0.25, 0.3) is 0 Å². The molecule has 3 heterocycles. The first-order valence-electron chi connectivity index (χ1n) is 11.1. The van der Waals surface area contributed by atoms with Crippen molar-refractivity contribution in [3.63, 3.8) is 0 Å². The molecule has 2 atom stereocenters. The summed E-state index contributed by atoms with van der Waals surface area (Å²) in [4.78, 5) is 14.7. The number of nitriles is 1. The molecular weight excluding hydrogens is 435 g/mol. The number of nitrogens with one attached hydrogen (secondary N) is 2. The van der Waals surface area contributed by atoms with E-state index in [4.69, 9.17) is 0 Å². The normalized spacial score (nSPS) is 18.4. The van der Waals surface area contributed by atoms with E-state index in [1.165, 1.54) is 17.7 Å². The van der Waals surface area contributed by atoms with Crippen molar-refractivity contribution in [1.29, 1.82) is 5.26 Å². The predicted octanol–water partition coefficient (Wildman–Crippen LogP) is 3.52. The van der Waals surface area contributed by atoms with Crippen molar-refractivity contribution in [3.8, 4) is 6.07 Å². The minimum atomic E-state index is -0.472. The maximum Gasteiger partial charge on any atom is 0.244 e. The molecule has 1 fully saturated rings. The minimum Gasteiger partial charge on any atom is -0.368 e. The molecule has 0 unspecified atom stereocenters. The summed E-state index contributed by atoms with van der Waals surface area (Å²) in [5, 5.41) is 26.3. The van der Waals surface area contributed by atoms with Crippen LogP contribution in [0.4, 0.5) is 21.6 Å². The summed E-state index contributed by atoms with van der Waals surface area (Å²) in [5.74, 6) is -0.436. The molecule has 174 valence electrons. The number of anilines is 3. The van der Waals surface area contributed by atoms with E-state index in [0.29, 0.717) is 33.4 Å². The number of aryl methyl sites for hydroxylation is 1. The zero-order valence-corrected chi connectivity index (χ0v) is 19.4. The Morgan fingerprint density at radius 2 is 1.94 bits per heavy atom. The van der Waals surface area contributed by atoms with Crippen LogP contribution in [0, 0.1) is 17.1 Å². The molecule has 0 amide bonds. The monoisotopic (exact) mass is 460 g/mol. The number of hydrogen-bond donors (Lipinski definition) is 2. The molecule has 4 aromatic rings. The van der Waals surface area contributed by atoms with Crippen LogP contribution in [0.2, 0.25) is 0 Å². The molecule has 0 bridgehead atoms. The summed E-state index contributed by atoms with van der Waals surface area (Å²) in [7, 11) is 1.73. The SMILES string of the molecule is CC(=O)n1nc(Nc2cc(F)c3nn(C)cc3c2)c2c(C#N)cc(N3C[C@@H](C)N[C@@H](C)C3)cc21. The Morgan fingerprint density at radius 1 is 1.21 bits per heavy atom. The van der Waals surface area contributed by atoms with E-state index in [1.54, 1.807) is 24.0 Å². The predicted molar refractivity (Wildman–Crippen MR) is 129 cm³/mol. The molecule has 0 radical (unpaired) electrons. The topological polar surface area (TPSA) is 104 Å². The number of rotatable bonds is 3. The van der Waals surface area contributed by atoms with E-state index in [-0.39, 0.29) is 23.5 Å². The van der Waals surface area contributed by atoms with Gasteiger partial charge in [-0.05, 0) is 38.1 Å². The van der Waals surface area contributed by atoms with Gasteiger partial charge in [-0.3, -0.25) is 9.48 Å². The maximum atomic E-state index is 14.6. The molecule has 1 saturated heterocycles. The second kappa shape index (κ2) is 8.11. The van der Waals surface area contributed by atoms with Crippen molar-refractivity contribution < 1.29 is 9.18 Å². The van der Waals surface area contributed by atoms with Crippen LogP contribution in [-0.4, -0.2) is 50.6 Å². The van der Waals surface area contributed by atoms with Crippen LogP contribution in [-0.2, 0) is 7.05 Å². The molecular formula is C24H25FN8O. The number of carbonyl (C=O) groups excluding carboxylic acids is 1. The number of aromatic nitrogens is 4. The molecule has 0 aliphatic carbocycles. The number of benzene rings is 2. The lowest BCUT2D eigenvalue weighted by molar-refractivity contribution is 0.0927. The van der Waals surface area contributed by atoms with Crippen LogP contribution in [0.15, 0.2) is 30.5 Å². The molecule has 0 saturated carbocycles. The average Bonchev–Trinajstić information content (AvgIpc) is 3.33. The number of halogens is 1. The first-order valence-corrected chi connectivity index (χ1v) is 11.1. The second-order valence-electron chi connectivity index (χ2n) is 8.98. The minimum absolute atomic E-state index is 0.272. The van der Waals surface area contributed by atoms with E-state index in [1.807, 2.05) is 12.1 Å². The average molecular weight is 461 g/mol. The summed E-state index contributed by atoms with van der Waals surface area (Å²) >= 11 is 0. The number of nitrogens with zero attached hydrogens (tertiary/aromatic N) is 6. The zero-order valence-electron chi connectivity index (χ0n) is 19.4. The molecule has 9 nitrogen and oxygen atoms in total. The highest BCUT2D eigenvalue weighted by Crippen LogP contribution is 2.34. The van der Waals surface area contributed by atoms with Gasteiger partial charge in [-0.1, -0.05) is 0 Å². The Balaban J connectivity index is 1.63. The molecule has 1 aliphatic heterocycles. The van der Waals surface area contributed by atoms with Crippen molar-refractivity contribution in [1.82, 2.24) is 24.9 Å². The third-order valence-electron chi connectivity index (χ3n) is 6.05. The van der Waals surface area contributed by atoms with Crippen molar-refractivity contribution in [2.75, 3.05) is 23.3 Å². The smallest absolute Gasteiger partial charge is 0.244 e. The highest BCUT2D eigenvalue weighted by molar-refractivity contribution is 6.03. The van der Waals surface area contributed by atoms with Gasteiger partial charge in [0, 0.05) is 62.1 Å². The Kier molecular flexibility index (Phi) is 5.21. The lowest BCUT2D eigenvalue weighted by atomic mass is 10.1. The molecule has 1 aliphatic rings. The molecule has 34 heavy (non-hydrogen) atoms. The van der Waals surface area contributed by atoms with Crippen LogP contribution < -0.4 is 15.5 Å². The van der Waals surface area contributed by atoms with Gasteiger partial charge in [-0.25, -0.2) is 4.39 Å². The van der Waals surface area contributed by atoms with Crippen LogP contribution in [0.25, 0.3) is 21.8 Å². The van der Waals surface area contributed by atoms with Gasteiger partial charge in [0.05, 0.1) is 16.5 Å². The van der Waals surface area contributed by atoms with Crippen molar-refractivity contribution in [3.05, 3.63) is 41.8 Å². The lowest BCUT2D eigenvalue weighted by Gasteiger charge is -2.37. The van der Waals surface area contributed by atoms with Crippen LogP contribution in [0.1, 0.15) is 31.1 Å². The molecule has 5 rings (SSSR count). The Labute approximate surface area is 195 Å². The van der Waals surface area contributed by atoms with Gasteiger partial charge in [-0.2, -0.15) is 15.0 Å². The molecule has 2 N–H and O–H groups in total. The van der Waals surface area contributed by atoms with E-state index in [2.05, 4.69) is 45.6 Å². The summed E-state index contributed by atoms with van der Waals surface area (Å²) in [6, 6.07) is 9.65. The van der Waals surface area contributed by atoms with Gasteiger partial charge in [0.2, 0.25) is 5.91 Å². The van der Waals surface area contributed by atoms with E-state index in [0.717, 1.165) is 18.8 Å². The Bertz CT molecular complexity index is 1470. The highest BCUT2D eigenvalue weighted by atomic mass is 19.1. The summed E-state index contributed by atoms with van der Waals surface area (Å²) in [6.45, 7) is 7.22. The third-order valence-corrected chi connectivity index (χ3v) is 6.05. The molecule has 2 aromatic heterocycles. The van der Waals surface area contributed by atoms with Crippen molar-refractivity contribution in [2.45, 2.75) is 32.9 Å². The third kappa shape index (κ3) is 3.74. The van der Waals surface area contributed by atoms with Crippen molar-refractivity contribution in [2.24, 2.45) is 7.05 Å². The standard InChI is InChI=1S/C24H25FN8O/c1-13-10-32(11-14(2)27-13)19-6-16(9-26)22-21(8-19)33(15(3)34)30-24(22)28-18-5-17-12-31(4)29-23(17)20(25)7-18/h5-8,12-14,27H,10-11H2,1-4H3,(H,28,30)/t13-,14+. The second-order valence-corrected chi connectivity index (χ2v) is 8.98. The maximum absolute atomic E-state index is 14.6. The fourth-order valence-electron chi connectivity index (χ4n) is 4.79. The summed E-state index contributed by atoms with van der Waals surface area (Å²) < 4.78 is 17.5. The lowest BCUT2D eigenvalue weighted by Crippen LogP contribution is -2.54. The molecule has 10 heteroatoms. The highest BCUT2D eigenvalue weighted by Gasteiger charge is 2.25. The van der Waals surface area contributed by atoms with Crippen LogP contribution in [0.3, 0.4) is 0 Å². The Morgan fingerprint density at radius 3 is 2.62 bits per heavy atom. The quantitative estimate of drug-likeness (QED) is 0.482.